The molecule has 3 nitrogen and oxygen atoms in total. The molecule has 0 unspecified atom stereocenters. The largest absolute Gasteiger partial charge is 0.384 e. The summed E-state index contributed by atoms with van der Waals surface area (Å²) in [7, 11) is 0. The Kier molecular flexibility index (Phi) is 3.38. The Balaban J connectivity index is 2.26. The molecule has 2 N–H and O–H groups in total. The van der Waals surface area contributed by atoms with E-state index in [1.807, 2.05) is 6.07 Å². The maximum Gasteiger partial charge on any atom is 0.135 e. The van der Waals surface area contributed by atoms with E-state index in [9.17, 15) is 0 Å². The zero-order chi connectivity index (χ0) is 12.3. The number of hydrogen-bond donors (Lipinski definition) is 1. The first kappa shape index (κ1) is 11.6. The fourth-order valence-corrected chi connectivity index (χ4v) is 1.84. The summed E-state index contributed by atoms with van der Waals surface area (Å²) in [4.78, 5) is 8.76. The van der Waals surface area contributed by atoms with Crippen LogP contribution >= 0.6 is 0 Å². The quantitative estimate of drug-likeness (QED) is 0.876. The van der Waals surface area contributed by atoms with Gasteiger partial charge in [0.25, 0.3) is 0 Å². The van der Waals surface area contributed by atoms with Crippen molar-refractivity contribution in [1.29, 1.82) is 0 Å². The topological polar surface area (TPSA) is 51.8 Å². The molecule has 2 aromatic rings. The molecule has 0 fully saturated rings. The van der Waals surface area contributed by atoms with Gasteiger partial charge in [-0.05, 0) is 18.9 Å². The van der Waals surface area contributed by atoms with E-state index in [4.69, 9.17) is 5.73 Å². The van der Waals surface area contributed by atoms with Crippen LogP contribution in [-0.2, 0) is 12.8 Å². The van der Waals surface area contributed by atoms with Crippen molar-refractivity contribution in [1.82, 2.24) is 9.97 Å². The molecular weight excluding hydrogens is 210 g/mol. The molecule has 0 saturated carbocycles. The molecule has 0 spiro atoms. The lowest BCUT2D eigenvalue weighted by Crippen LogP contribution is -2.03. The number of nitrogen functional groups attached to an aromatic ring is 1. The maximum atomic E-state index is 5.77. The minimum atomic E-state index is 0.555. The first-order valence-corrected chi connectivity index (χ1v) is 5.85. The smallest absolute Gasteiger partial charge is 0.135 e. The molecular formula is C14H17N3. The summed E-state index contributed by atoms with van der Waals surface area (Å²) in [5.41, 5.74) is 9.24. The average Bonchev–Trinajstić information content (AvgIpc) is 2.28. The van der Waals surface area contributed by atoms with E-state index in [-0.39, 0.29) is 0 Å². The number of nitrogens with two attached hydrogens (primary N) is 1. The Morgan fingerprint density at radius 2 is 2.00 bits per heavy atom. The third-order valence-electron chi connectivity index (χ3n) is 2.65. The lowest BCUT2D eigenvalue weighted by Gasteiger charge is -2.05. The standard InChI is InChI=1S/C14H17N3/c1-3-12-9-13(15)17-14(16-12)8-11-6-4-5-10(2)7-11/h4-7,9H,3,8H2,1-2H3,(H2,15,16,17). The van der Waals surface area contributed by atoms with Gasteiger partial charge >= 0.3 is 0 Å². The molecule has 0 aliphatic rings. The van der Waals surface area contributed by atoms with Gasteiger partial charge in [-0.1, -0.05) is 36.8 Å². The SMILES string of the molecule is CCc1cc(N)nc(Cc2cccc(C)c2)n1. The third kappa shape index (κ3) is 3.03. The Morgan fingerprint density at radius 1 is 1.18 bits per heavy atom. The predicted octanol–water partition coefficient (Wildman–Crippen LogP) is 2.52. The van der Waals surface area contributed by atoms with Crippen molar-refractivity contribution in [3.63, 3.8) is 0 Å². The van der Waals surface area contributed by atoms with Crippen LogP contribution in [0.3, 0.4) is 0 Å². The summed E-state index contributed by atoms with van der Waals surface area (Å²) < 4.78 is 0. The van der Waals surface area contributed by atoms with Crippen LogP contribution in [0.4, 0.5) is 5.82 Å². The number of benzene rings is 1. The molecule has 88 valence electrons. The molecule has 3 heteroatoms. The van der Waals surface area contributed by atoms with E-state index < -0.39 is 0 Å². The van der Waals surface area contributed by atoms with Crippen LogP contribution in [0.15, 0.2) is 30.3 Å². The van der Waals surface area contributed by atoms with Gasteiger partial charge in [0, 0.05) is 18.2 Å². The molecule has 1 aromatic carbocycles. The van der Waals surface area contributed by atoms with Gasteiger partial charge in [0.05, 0.1) is 0 Å². The van der Waals surface area contributed by atoms with Gasteiger partial charge in [-0.15, -0.1) is 0 Å². The molecule has 0 saturated heterocycles. The number of anilines is 1. The summed E-state index contributed by atoms with van der Waals surface area (Å²) in [5, 5.41) is 0. The van der Waals surface area contributed by atoms with E-state index in [0.29, 0.717) is 5.82 Å². The Bertz CT molecular complexity index is 521. The summed E-state index contributed by atoms with van der Waals surface area (Å²) in [5.74, 6) is 1.35. The molecule has 1 heterocycles. The lowest BCUT2D eigenvalue weighted by molar-refractivity contribution is 0.910. The zero-order valence-electron chi connectivity index (χ0n) is 10.3. The highest BCUT2D eigenvalue weighted by Gasteiger charge is 2.03. The summed E-state index contributed by atoms with van der Waals surface area (Å²) in [6.45, 7) is 4.15. The first-order chi connectivity index (χ1) is 8.17. The second-order valence-electron chi connectivity index (χ2n) is 4.22. The second-order valence-corrected chi connectivity index (χ2v) is 4.22. The van der Waals surface area contributed by atoms with E-state index in [2.05, 4.69) is 48.1 Å². The highest BCUT2D eigenvalue weighted by atomic mass is 14.9. The second kappa shape index (κ2) is 4.95. The van der Waals surface area contributed by atoms with Crippen molar-refractivity contribution in [3.8, 4) is 0 Å². The van der Waals surface area contributed by atoms with Gasteiger partial charge in [0.15, 0.2) is 0 Å². The van der Waals surface area contributed by atoms with Crippen LogP contribution in [0.1, 0.15) is 29.6 Å². The lowest BCUT2D eigenvalue weighted by atomic mass is 10.1. The molecule has 1 aromatic heterocycles. The highest BCUT2D eigenvalue weighted by Crippen LogP contribution is 2.10. The molecule has 0 aliphatic heterocycles. The average molecular weight is 227 g/mol. The number of aryl methyl sites for hydroxylation is 2. The van der Waals surface area contributed by atoms with Crippen molar-refractivity contribution < 1.29 is 0 Å². The van der Waals surface area contributed by atoms with Crippen LogP contribution in [0.5, 0.6) is 0 Å². The monoisotopic (exact) mass is 227 g/mol. The molecule has 17 heavy (non-hydrogen) atoms. The van der Waals surface area contributed by atoms with Crippen LogP contribution in [-0.4, -0.2) is 9.97 Å². The van der Waals surface area contributed by atoms with Gasteiger partial charge in [-0.2, -0.15) is 0 Å². The van der Waals surface area contributed by atoms with Gasteiger partial charge in [0.2, 0.25) is 0 Å². The molecule has 0 radical (unpaired) electrons. The Labute approximate surface area is 102 Å². The van der Waals surface area contributed by atoms with Crippen LogP contribution < -0.4 is 5.73 Å². The van der Waals surface area contributed by atoms with Crippen LogP contribution in [0, 0.1) is 6.92 Å². The van der Waals surface area contributed by atoms with E-state index in [1.165, 1.54) is 11.1 Å². The maximum absolute atomic E-state index is 5.77. The molecule has 0 atom stereocenters. The Morgan fingerprint density at radius 3 is 2.71 bits per heavy atom. The summed E-state index contributed by atoms with van der Waals surface area (Å²) in [6, 6.07) is 10.2. The number of aromatic nitrogens is 2. The summed E-state index contributed by atoms with van der Waals surface area (Å²) in [6.07, 6.45) is 1.62. The molecule has 0 aliphatic carbocycles. The molecule has 0 amide bonds. The molecule has 0 bridgehead atoms. The summed E-state index contributed by atoms with van der Waals surface area (Å²) >= 11 is 0. The fraction of sp³-hybridized carbons (Fsp3) is 0.286. The van der Waals surface area contributed by atoms with Crippen molar-refractivity contribution in [2.45, 2.75) is 26.7 Å². The minimum absolute atomic E-state index is 0.555. The van der Waals surface area contributed by atoms with Crippen LogP contribution in [0.25, 0.3) is 0 Å². The number of rotatable bonds is 3. The third-order valence-corrected chi connectivity index (χ3v) is 2.65. The van der Waals surface area contributed by atoms with Crippen LogP contribution in [0.2, 0.25) is 0 Å². The van der Waals surface area contributed by atoms with Crippen molar-refractivity contribution in [2.75, 3.05) is 5.73 Å². The number of hydrogen-bond acceptors (Lipinski definition) is 3. The van der Waals surface area contributed by atoms with Gasteiger partial charge in [-0.3, -0.25) is 0 Å². The normalized spacial score (nSPS) is 10.5. The van der Waals surface area contributed by atoms with Crippen molar-refractivity contribution in [3.05, 3.63) is 53.0 Å². The Hall–Kier alpha value is -1.90. The molecule has 2 rings (SSSR count). The van der Waals surface area contributed by atoms with Crippen molar-refractivity contribution in [2.24, 2.45) is 0 Å². The highest BCUT2D eigenvalue weighted by molar-refractivity contribution is 5.32. The van der Waals surface area contributed by atoms with Crippen molar-refractivity contribution >= 4 is 5.82 Å². The zero-order valence-corrected chi connectivity index (χ0v) is 10.3. The van der Waals surface area contributed by atoms with Gasteiger partial charge < -0.3 is 5.73 Å². The predicted molar refractivity (Wildman–Crippen MR) is 69.8 cm³/mol. The van der Waals surface area contributed by atoms with E-state index in [0.717, 1.165) is 24.4 Å². The first-order valence-electron chi connectivity index (χ1n) is 5.85. The van der Waals surface area contributed by atoms with Gasteiger partial charge in [-0.25, -0.2) is 9.97 Å². The van der Waals surface area contributed by atoms with Gasteiger partial charge in [0.1, 0.15) is 11.6 Å². The minimum Gasteiger partial charge on any atom is -0.384 e. The van der Waals surface area contributed by atoms with E-state index in [1.54, 1.807) is 0 Å². The number of nitrogens with zero attached hydrogens (tertiary/aromatic N) is 2. The van der Waals surface area contributed by atoms with E-state index >= 15 is 0 Å². The fourth-order valence-electron chi connectivity index (χ4n) is 1.84.